The third kappa shape index (κ3) is 3.90. The van der Waals surface area contributed by atoms with Crippen molar-refractivity contribution in [3.63, 3.8) is 0 Å². The zero-order valence-electron chi connectivity index (χ0n) is 19.7. The van der Waals surface area contributed by atoms with E-state index in [4.69, 9.17) is 4.98 Å². The number of carbonyl (C=O) groups is 1. The largest absolute Gasteiger partial charge is 0.367 e. The van der Waals surface area contributed by atoms with Crippen molar-refractivity contribution in [3.05, 3.63) is 36.3 Å². The van der Waals surface area contributed by atoms with E-state index in [0.29, 0.717) is 36.0 Å². The SMILES string of the molecule is CCC1(C)CNC(=O)c2cc3cnc(Nc4ccc(N5CCNC(C(C)C)C5)cn4)nc3n21. The van der Waals surface area contributed by atoms with Crippen LogP contribution in [0, 0.1) is 5.92 Å². The quantitative estimate of drug-likeness (QED) is 0.552. The summed E-state index contributed by atoms with van der Waals surface area (Å²) in [6.45, 7) is 12.3. The molecule has 9 heteroatoms. The average molecular weight is 449 g/mol. The van der Waals surface area contributed by atoms with Gasteiger partial charge < -0.3 is 25.4 Å². The fourth-order valence-electron chi connectivity index (χ4n) is 4.71. The van der Waals surface area contributed by atoms with Crippen molar-refractivity contribution in [1.82, 2.24) is 30.2 Å². The molecule has 9 nitrogen and oxygen atoms in total. The Morgan fingerprint density at radius 3 is 2.85 bits per heavy atom. The molecular weight excluding hydrogens is 416 g/mol. The van der Waals surface area contributed by atoms with E-state index in [9.17, 15) is 4.79 Å². The van der Waals surface area contributed by atoms with Gasteiger partial charge >= 0.3 is 0 Å². The average Bonchev–Trinajstić information content (AvgIpc) is 3.23. The Labute approximate surface area is 194 Å². The van der Waals surface area contributed by atoms with Crippen LogP contribution in [0.3, 0.4) is 0 Å². The second-order valence-electron chi connectivity index (χ2n) is 9.65. The van der Waals surface area contributed by atoms with Crippen LogP contribution in [0.2, 0.25) is 0 Å². The van der Waals surface area contributed by atoms with Gasteiger partial charge in [-0.15, -0.1) is 0 Å². The lowest BCUT2D eigenvalue weighted by atomic mass is 9.96. The molecule has 1 amide bonds. The monoisotopic (exact) mass is 448 g/mol. The summed E-state index contributed by atoms with van der Waals surface area (Å²) < 4.78 is 2.06. The third-order valence-electron chi connectivity index (χ3n) is 7.07. The van der Waals surface area contributed by atoms with E-state index in [-0.39, 0.29) is 11.4 Å². The molecule has 0 radical (unpaired) electrons. The summed E-state index contributed by atoms with van der Waals surface area (Å²) in [7, 11) is 0. The van der Waals surface area contributed by atoms with Crippen molar-refractivity contribution < 1.29 is 4.79 Å². The molecule has 3 aromatic rings. The zero-order chi connectivity index (χ0) is 23.2. The first-order valence-electron chi connectivity index (χ1n) is 11.8. The maximum atomic E-state index is 12.4. The van der Waals surface area contributed by atoms with Gasteiger partial charge in [-0.05, 0) is 37.5 Å². The number of fused-ring (bicyclic) bond motifs is 3. The summed E-state index contributed by atoms with van der Waals surface area (Å²) in [4.78, 5) is 28.7. The lowest BCUT2D eigenvalue weighted by Gasteiger charge is -2.37. The summed E-state index contributed by atoms with van der Waals surface area (Å²) in [5, 5.41) is 10.7. The number of anilines is 3. The highest BCUT2D eigenvalue weighted by atomic mass is 16.2. The minimum atomic E-state index is -0.229. The Bertz CT molecular complexity index is 1170. The molecule has 2 atom stereocenters. The zero-order valence-corrected chi connectivity index (χ0v) is 19.7. The van der Waals surface area contributed by atoms with Gasteiger partial charge in [-0.1, -0.05) is 20.8 Å². The Hall–Kier alpha value is -3.20. The van der Waals surface area contributed by atoms with Gasteiger partial charge in [-0.25, -0.2) is 9.97 Å². The molecule has 1 saturated heterocycles. The van der Waals surface area contributed by atoms with Crippen molar-refractivity contribution in [1.29, 1.82) is 0 Å². The lowest BCUT2D eigenvalue weighted by Crippen LogP contribution is -2.53. The number of amides is 1. The molecule has 0 bridgehead atoms. The topological polar surface area (TPSA) is 100 Å². The Kier molecular flexibility index (Phi) is 5.44. The minimum Gasteiger partial charge on any atom is -0.367 e. The van der Waals surface area contributed by atoms with E-state index >= 15 is 0 Å². The smallest absolute Gasteiger partial charge is 0.268 e. The summed E-state index contributed by atoms with van der Waals surface area (Å²) in [5.74, 6) is 1.68. The van der Waals surface area contributed by atoms with Crippen molar-refractivity contribution in [2.45, 2.75) is 45.7 Å². The van der Waals surface area contributed by atoms with Gasteiger partial charge in [-0.2, -0.15) is 4.98 Å². The first-order valence-corrected chi connectivity index (χ1v) is 11.8. The Morgan fingerprint density at radius 1 is 1.27 bits per heavy atom. The highest BCUT2D eigenvalue weighted by Gasteiger charge is 2.35. The van der Waals surface area contributed by atoms with E-state index in [1.165, 1.54) is 0 Å². The van der Waals surface area contributed by atoms with Crippen LogP contribution < -0.4 is 20.9 Å². The number of rotatable bonds is 5. The molecule has 33 heavy (non-hydrogen) atoms. The van der Waals surface area contributed by atoms with Crippen molar-refractivity contribution in [2.24, 2.45) is 5.92 Å². The van der Waals surface area contributed by atoms with E-state index in [0.717, 1.165) is 42.8 Å². The van der Waals surface area contributed by atoms with E-state index < -0.39 is 0 Å². The van der Waals surface area contributed by atoms with Crippen LogP contribution in [-0.2, 0) is 5.54 Å². The van der Waals surface area contributed by atoms with Gasteiger partial charge in [0.15, 0.2) is 0 Å². The number of nitrogens with zero attached hydrogens (tertiary/aromatic N) is 5. The molecule has 2 aliphatic heterocycles. The van der Waals surface area contributed by atoms with Crippen LogP contribution >= 0.6 is 0 Å². The number of hydrogen-bond donors (Lipinski definition) is 3. The first kappa shape index (κ1) is 21.6. The summed E-state index contributed by atoms with van der Waals surface area (Å²) in [6.07, 6.45) is 4.55. The normalized spacial score (nSPS) is 23.0. The molecule has 0 aromatic carbocycles. The number of nitrogens with one attached hydrogen (secondary N) is 3. The molecular formula is C24H32N8O. The molecule has 3 aromatic heterocycles. The molecule has 0 aliphatic carbocycles. The first-order chi connectivity index (χ1) is 15.9. The van der Waals surface area contributed by atoms with Crippen LogP contribution in [-0.4, -0.2) is 57.6 Å². The molecule has 0 spiro atoms. The van der Waals surface area contributed by atoms with Crippen molar-refractivity contribution in [3.8, 4) is 0 Å². The van der Waals surface area contributed by atoms with Gasteiger partial charge in [0.1, 0.15) is 17.2 Å². The Balaban J connectivity index is 1.39. The maximum absolute atomic E-state index is 12.4. The van der Waals surface area contributed by atoms with Crippen molar-refractivity contribution in [2.75, 3.05) is 36.4 Å². The maximum Gasteiger partial charge on any atom is 0.268 e. The highest BCUT2D eigenvalue weighted by molar-refractivity contribution is 5.99. The molecule has 0 saturated carbocycles. The van der Waals surface area contributed by atoms with Gasteiger partial charge in [0.05, 0.1) is 17.4 Å². The summed E-state index contributed by atoms with van der Waals surface area (Å²) in [5.41, 5.74) is 2.28. The summed E-state index contributed by atoms with van der Waals surface area (Å²) in [6, 6.07) is 6.41. The molecule has 174 valence electrons. The minimum absolute atomic E-state index is 0.0710. The second kappa shape index (κ2) is 8.30. The van der Waals surface area contributed by atoms with Gasteiger partial charge in [0.25, 0.3) is 5.91 Å². The lowest BCUT2D eigenvalue weighted by molar-refractivity contribution is 0.0880. The van der Waals surface area contributed by atoms with Crippen LogP contribution in [0.5, 0.6) is 0 Å². The highest BCUT2D eigenvalue weighted by Crippen LogP contribution is 2.32. The third-order valence-corrected chi connectivity index (χ3v) is 7.07. The van der Waals surface area contributed by atoms with Crippen LogP contribution in [0.4, 0.5) is 17.5 Å². The number of hydrogen-bond acceptors (Lipinski definition) is 7. The fraction of sp³-hybridized carbons (Fsp3) is 0.500. The molecule has 2 aliphatic rings. The predicted molar refractivity (Wildman–Crippen MR) is 130 cm³/mol. The van der Waals surface area contributed by atoms with E-state index in [2.05, 4.69) is 69.1 Å². The molecule has 5 rings (SSSR count). The van der Waals surface area contributed by atoms with Gasteiger partial charge in [0.2, 0.25) is 5.95 Å². The standard InChI is InChI=1S/C24H32N8O/c1-5-24(4)14-28-22(33)19-10-16-11-27-23(30-21(16)32(19)24)29-20-7-6-17(12-26-20)31-9-8-25-18(13-31)15(2)3/h6-7,10-12,15,18,25H,5,8-9,13-14H2,1-4H3,(H,28,33)(H,26,27,29,30). The molecule has 1 fully saturated rings. The van der Waals surface area contributed by atoms with E-state index in [1.54, 1.807) is 6.20 Å². The molecule has 2 unspecified atom stereocenters. The van der Waals surface area contributed by atoms with E-state index in [1.807, 2.05) is 18.3 Å². The number of piperazine rings is 1. The number of carbonyl (C=O) groups excluding carboxylic acids is 1. The fourth-order valence-corrected chi connectivity index (χ4v) is 4.71. The molecule has 3 N–H and O–H groups in total. The summed E-state index contributed by atoms with van der Waals surface area (Å²) >= 11 is 0. The second-order valence-corrected chi connectivity index (χ2v) is 9.65. The Morgan fingerprint density at radius 2 is 2.12 bits per heavy atom. The van der Waals surface area contributed by atoms with Crippen LogP contribution in [0.1, 0.15) is 44.6 Å². The van der Waals surface area contributed by atoms with Gasteiger partial charge in [0, 0.05) is 43.8 Å². The van der Waals surface area contributed by atoms with Crippen LogP contribution in [0.25, 0.3) is 11.0 Å². The number of aromatic nitrogens is 4. The van der Waals surface area contributed by atoms with Crippen molar-refractivity contribution >= 4 is 34.4 Å². The van der Waals surface area contributed by atoms with Gasteiger partial charge in [-0.3, -0.25) is 4.79 Å². The predicted octanol–water partition coefficient (Wildman–Crippen LogP) is 2.87. The number of pyridine rings is 1. The molecule has 5 heterocycles. The van der Waals surface area contributed by atoms with Crippen LogP contribution in [0.15, 0.2) is 30.6 Å².